The molecule has 29 heavy (non-hydrogen) atoms. The van der Waals surface area contributed by atoms with Crippen molar-refractivity contribution in [1.82, 2.24) is 10.3 Å². The van der Waals surface area contributed by atoms with E-state index in [4.69, 9.17) is 14.1 Å². The molecule has 0 aliphatic carbocycles. The summed E-state index contributed by atoms with van der Waals surface area (Å²) < 4.78 is 29.5. The van der Waals surface area contributed by atoms with Gasteiger partial charge in [-0.3, -0.25) is 4.79 Å². The highest BCUT2D eigenvalue weighted by Gasteiger charge is 2.21. The molecule has 3 rings (SSSR count). The van der Waals surface area contributed by atoms with Crippen LogP contribution in [-0.4, -0.2) is 28.9 Å². The summed E-state index contributed by atoms with van der Waals surface area (Å²) in [6.45, 7) is 4.27. The fraction of sp³-hybridized carbons (Fsp3) is 0.286. The predicted molar refractivity (Wildman–Crippen MR) is 105 cm³/mol. The van der Waals surface area contributed by atoms with Crippen molar-refractivity contribution < 1.29 is 23.3 Å². The molecule has 0 radical (unpaired) electrons. The summed E-state index contributed by atoms with van der Waals surface area (Å²) in [5.74, 6) is -0.163. The first-order valence-corrected chi connectivity index (χ1v) is 9.36. The van der Waals surface area contributed by atoms with Crippen molar-refractivity contribution in [1.29, 1.82) is 0 Å². The lowest BCUT2D eigenvalue weighted by atomic mass is 10.1. The summed E-state index contributed by atoms with van der Waals surface area (Å²) in [6.07, 6.45) is 1.09. The fourth-order valence-electron chi connectivity index (χ4n) is 2.51. The van der Waals surface area contributed by atoms with Gasteiger partial charge in [-0.25, -0.2) is 9.02 Å². The number of halogens is 1. The molecule has 2 aromatic carbocycles. The molecule has 7 nitrogen and oxygen atoms in total. The van der Waals surface area contributed by atoms with Crippen LogP contribution < -0.4 is 14.8 Å². The lowest BCUT2D eigenvalue weighted by Crippen LogP contribution is -2.30. The highest BCUT2D eigenvalue weighted by atomic mass is 19.1. The number of benzene rings is 2. The Bertz CT molecular complexity index is 943. The average molecular weight is 399 g/mol. The van der Waals surface area contributed by atoms with E-state index in [1.54, 1.807) is 24.3 Å². The number of para-hydroxylation sites is 1. The van der Waals surface area contributed by atoms with Crippen LogP contribution in [0.2, 0.25) is 0 Å². The van der Waals surface area contributed by atoms with Gasteiger partial charge in [-0.15, -0.1) is 0 Å². The molecule has 152 valence electrons. The van der Waals surface area contributed by atoms with Gasteiger partial charge >= 0.3 is 0 Å². The molecule has 0 bridgehead atoms. The summed E-state index contributed by atoms with van der Waals surface area (Å²) in [4.78, 5) is 12.4. The van der Waals surface area contributed by atoms with Crippen LogP contribution in [0.15, 0.2) is 53.2 Å². The Balaban J connectivity index is 1.65. The first kappa shape index (κ1) is 20.3. The molecule has 0 spiro atoms. The molecule has 1 atom stereocenters. The molecule has 0 saturated heterocycles. The van der Waals surface area contributed by atoms with E-state index in [2.05, 4.69) is 22.6 Å². The number of ether oxygens (including phenoxy) is 2. The normalized spacial score (nSPS) is 11.7. The third kappa shape index (κ3) is 5.31. The van der Waals surface area contributed by atoms with Crippen LogP contribution in [0, 0.1) is 5.82 Å². The quantitative estimate of drug-likeness (QED) is 0.535. The van der Waals surface area contributed by atoms with Gasteiger partial charge in [0.2, 0.25) is 5.82 Å². The molecule has 0 aliphatic rings. The fourth-order valence-corrected chi connectivity index (χ4v) is 2.51. The Hall–Kier alpha value is -3.42. The topological polar surface area (TPSA) is 86.5 Å². The number of unbranched alkanes of at least 4 members (excludes halogenated alkanes) is 1. The van der Waals surface area contributed by atoms with Crippen LogP contribution in [0.5, 0.6) is 11.5 Å². The van der Waals surface area contributed by atoms with Crippen LogP contribution in [0.1, 0.15) is 26.7 Å². The van der Waals surface area contributed by atoms with E-state index >= 15 is 0 Å². The van der Waals surface area contributed by atoms with E-state index in [0.717, 1.165) is 18.6 Å². The number of carbonyl (C=O) groups is 1. The van der Waals surface area contributed by atoms with Gasteiger partial charge < -0.3 is 14.8 Å². The van der Waals surface area contributed by atoms with Gasteiger partial charge in [-0.1, -0.05) is 25.5 Å². The van der Waals surface area contributed by atoms with Gasteiger partial charge in [0.1, 0.15) is 5.75 Å². The molecule has 1 unspecified atom stereocenters. The van der Waals surface area contributed by atoms with Crippen molar-refractivity contribution in [2.75, 3.05) is 11.9 Å². The van der Waals surface area contributed by atoms with E-state index in [1.807, 2.05) is 12.1 Å². The van der Waals surface area contributed by atoms with Gasteiger partial charge in [0.25, 0.3) is 5.91 Å². The Kier molecular flexibility index (Phi) is 6.78. The number of aromatic nitrogens is 2. The molecular weight excluding hydrogens is 377 g/mol. The molecule has 3 aromatic rings. The van der Waals surface area contributed by atoms with E-state index in [0.29, 0.717) is 17.9 Å². The average Bonchev–Trinajstić information content (AvgIpc) is 3.18. The molecule has 0 saturated carbocycles. The van der Waals surface area contributed by atoms with E-state index in [1.165, 1.54) is 19.1 Å². The summed E-state index contributed by atoms with van der Waals surface area (Å²) in [5.41, 5.74) is 1.07. The molecule has 1 aromatic heterocycles. The Morgan fingerprint density at radius 2 is 1.93 bits per heavy atom. The minimum absolute atomic E-state index is 0.00712. The van der Waals surface area contributed by atoms with Crippen LogP contribution in [0.4, 0.5) is 10.2 Å². The number of hydrogen-bond donors (Lipinski definition) is 1. The number of hydrogen-bond acceptors (Lipinski definition) is 6. The zero-order valence-corrected chi connectivity index (χ0v) is 16.2. The zero-order valence-electron chi connectivity index (χ0n) is 16.2. The Labute approximate surface area is 167 Å². The molecule has 1 N–H and O–H groups in total. The van der Waals surface area contributed by atoms with Crippen molar-refractivity contribution in [3.8, 4) is 22.8 Å². The smallest absolute Gasteiger partial charge is 0.266 e. The van der Waals surface area contributed by atoms with E-state index < -0.39 is 17.8 Å². The van der Waals surface area contributed by atoms with Crippen LogP contribution in [-0.2, 0) is 4.79 Å². The highest BCUT2D eigenvalue weighted by Crippen LogP contribution is 2.27. The van der Waals surface area contributed by atoms with Gasteiger partial charge in [-0.05, 0) is 60.1 Å². The minimum atomic E-state index is -0.953. The Morgan fingerprint density at radius 3 is 2.66 bits per heavy atom. The van der Waals surface area contributed by atoms with Crippen molar-refractivity contribution in [2.24, 2.45) is 0 Å². The summed E-state index contributed by atoms with van der Waals surface area (Å²) in [5, 5.41) is 10.2. The molecule has 8 heteroatoms. The van der Waals surface area contributed by atoms with Crippen molar-refractivity contribution >= 4 is 11.7 Å². The standard InChI is InChI=1S/C21H22FN3O4/c1-3-4-13-27-16-11-9-15(10-12-16)19-20(25-29-24-19)23-21(26)14(2)28-18-8-6-5-7-17(18)22/h5-12,14H,3-4,13H2,1-2H3,(H,23,25,26). The summed E-state index contributed by atoms with van der Waals surface area (Å²) in [6, 6.07) is 13.1. The number of amides is 1. The Morgan fingerprint density at radius 1 is 1.17 bits per heavy atom. The van der Waals surface area contributed by atoms with Gasteiger partial charge in [-0.2, -0.15) is 0 Å². The highest BCUT2D eigenvalue weighted by molar-refractivity contribution is 5.95. The maximum absolute atomic E-state index is 13.7. The molecule has 1 heterocycles. The number of nitrogens with one attached hydrogen (secondary N) is 1. The van der Waals surface area contributed by atoms with Crippen molar-refractivity contribution in [3.63, 3.8) is 0 Å². The van der Waals surface area contributed by atoms with Crippen LogP contribution in [0.25, 0.3) is 11.3 Å². The molecule has 0 fully saturated rings. The maximum atomic E-state index is 13.7. The van der Waals surface area contributed by atoms with Gasteiger partial charge in [0.05, 0.1) is 6.61 Å². The largest absolute Gasteiger partial charge is 0.494 e. The SMILES string of the molecule is CCCCOc1ccc(-c2nonc2NC(=O)C(C)Oc2ccccc2F)cc1. The van der Waals surface area contributed by atoms with Crippen molar-refractivity contribution in [2.45, 2.75) is 32.8 Å². The number of rotatable bonds is 9. The number of nitrogens with zero attached hydrogens (tertiary/aromatic N) is 2. The predicted octanol–water partition coefficient (Wildman–Crippen LogP) is 4.46. The van der Waals surface area contributed by atoms with E-state index in [9.17, 15) is 9.18 Å². The number of anilines is 1. The van der Waals surface area contributed by atoms with Crippen LogP contribution in [0.3, 0.4) is 0 Å². The second-order valence-electron chi connectivity index (χ2n) is 6.37. The van der Waals surface area contributed by atoms with Gasteiger partial charge in [0.15, 0.2) is 23.4 Å². The summed E-state index contributed by atoms with van der Waals surface area (Å²) in [7, 11) is 0. The third-order valence-electron chi connectivity index (χ3n) is 4.13. The van der Waals surface area contributed by atoms with Crippen molar-refractivity contribution in [3.05, 3.63) is 54.3 Å². The second kappa shape index (κ2) is 9.68. The lowest BCUT2D eigenvalue weighted by molar-refractivity contribution is -0.122. The molecule has 1 amide bonds. The van der Waals surface area contributed by atoms with E-state index in [-0.39, 0.29) is 11.6 Å². The monoisotopic (exact) mass is 399 g/mol. The first-order chi connectivity index (χ1) is 14.1. The van der Waals surface area contributed by atoms with Gasteiger partial charge in [0, 0.05) is 5.56 Å². The second-order valence-corrected chi connectivity index (χ2v) is 6.37. The zero-order chi connectivity index (χ0) is 20.6. The molecule has 0 aliphatic heterocycles. The lowest BCUT2D eigenvalue weighted by Gasteiger charge is -2.14. The third-order valence-corrected chi connectivity index (χ3v) is 4.13. The first-order valence-electron chi connectivity index (χ1n) is 9.36. The molecular formula is C21H22FN3O4. The van der Waals surface area contributed by atoms with Crippen LogP contribution >= 0.6 is 0 Å². The summed E-state index contributed by atoms with van der Waals surface area (Å²) >= 11 is 0. The minimum Gasteiger partial charge on any atom is -0.494 e. The number of carbonyl (C=O) groups excluding carboxylic acids is 1. The maximum Gasteiger partial charge on any atom is 0.266 e.